The van der Waals surface area contributed by atoms with Crippen LogP contribution < -0.4 is 5.32 Å². The molecule has 0 aliphatic carbocycles. The number of rotatable bonds is 7. The van der Waals surface area contributed by atoms with Crippen molar-refractivity contribution in [1.82, 2.24) is 4.90 Å². The highest BCUT2D eigenvalue weighted by molar-refractivity contribution is 7.99. The van der Waals surface area contributed by atoms with Gasteiger partial charge in [0, 0.05) is 36.0 Å². The van der Waals surface area contributed by atoms with Crippen LogP contribution in [0.5, 0.6) is 0 Å². The summed E-state index contributed by atoms with van der Waals surface area (Å²) in [6.45, 7) is 5.53. The lowest BCUT2D eigenvalue weighted by molar-refractivity contribution is 0.309. The number of likely N-dealkylation sites (tertiary alicyclic amines) is 1. The highest BCUT2D eigenvalue weighted by Gasteiger charge is 2.04. The van der Waals surface area contributed by atoms with E-state index in [1.54, 1.807) is 0 Å². The first-order chi connectivity index (χ1) is 10.4. The molecule has 2 rings (SSSR count). The fraction of sp³-hybridized carbons (Fsp3) is 0.444. The van der Waals surface area contributed by atoms with Gasteiger partial charge in [-0.05, 0) is 50.6 Å². The number of hydrogen-bond acceptors (Lipinski definition) is 3. The molecule has 0 saturated carbocycles. The van der Waals surface area contributed by atoms with E-state index in [9.17, 15) is 0 Å². The lowest BCUT2D eigenvalue weighted by Gasteiger charge is -2.24. The molecule has 1 aromatic carbocycles. The van der Waals surface area contributed by atoms with E-state index in [1.807, 2.05) is 11.8 Å². The molecule has 0 bridgehead atoms. The zero-order chi connectivity index (χ0) is 14.8. The summed E-state index contributed by atoms with van der Waals surface area (Å²) in [6.07, 6.45) is 12.9. The van der Waals surface area contributed by atoms with Crippen molar-refractivity contribution in [2.75, 3.05) is 30.7 Å². The van der Waals surface area contributed by atoms with E-state index in [0.29, 0.717) is 0 Å². The molecule has 0 amide bonds. The molecule has 0 radical (unpaired) electrons. The minimum absolute atomic E-state index is 0.964. The van der Waals surface area contributed by atoms with Crippen molar-refractivity contribution in [3.63, 3.8) is 0 Å². The third-order valence-corrected chi connectivity index (χ3v) is 4.55. The van der Waals surface area contributed by atoms with Gasteiger partial charge in [0.1, 0.15) is 0 Å². The average molecular weight is 302 g/mol. The number of allylic oxidation sites excluding steroid dienone is 2. The van der Waals surface area contributed by atoms with Gasteiger partial charge in [-0.25, -0.2) is 0 Å². The fourth-order valence-electron chi connectivity index (χ4n) is 2.44. The summed E-state index contributed by atoms with van der Waals surface area (Å²) in [5, 5.41) is 3.41. The zero-order valence-corrected chi connectivity index (χ0v) is 13.7. The second-order valence-electron chi connectivity index (χ2n) is 5.20. The van der Waals surface area contributed by atoms with Gasteiger partial charge in [0.2, 0.25) is 0 Å². The van der Waals surface area contributed by atoms with Crippen LogP contribution >= 0.6 is 11.8 Å². The maximum absolute atomic E-state index is 3.41. The van der Waals surface area contributed by atoms with Gasteiger partial charge in [-0.3, -0.25) is 0 Å². The predicted octanol–water partition coefficient (Wildman–Crippen LogP) is 4.77. The van der Waals surface area contributed by atoms with Crippen molar-refractivity contribution < 1.29 is 0 Å². The first-order valence-electron chi connectivity index (χ1n) is 7.93. The van der Waals surface area contributed by atoms with Crippen molar-refractivity contribution in [1.29, 1.82) is 0 Å². The molecule has 1 aliphatic rings. The van der Waals surface area contributed by atoms with Gasteiger partial charge in [-0.2, -0.15) is 0 Å². The quantitative estimate of drug-likeness (QED) is 0.577. The van der Waals surface area contributed by atoms with Crippen LogP contribution in [-0.4, -0.2) is 30.3 Å². The zero-order valence-electron chi connectivity index (χ0n) is 12.9. The molecule has 2 nitrogen and oxygen atoms in total. The summed E-state index contributed by atoms with van der Waals surface area (Å²) < 4.78 is 0. The van der Waals surface area contributed by atoms with Gasteiger partial charge >= 0.3 is 0 Å². The molecule has 1 aliphatic heterocycles. The van der Waals surface area contributed by atoms with E-state index in [-0.39, 0.29) is 0 Å². The molecular weight excluding hydrogens is 276 g/mol. The minimum Gasteiger partial charge on any atom is -0.384 e. The summed E-state index contributed by atoms with van der Waals surface area (Å²) in [7, 11) is 0. The second kappa shape index (κ2) is 9.56. The number of nitrogens with one attached hydrogen (secondary N) is 1. The van der Waals surface area contributed by atoms with Crippen molar-refractivity contribution in [3.8, 4) is 0 Å². The Kier molecular flexibility index (Phi) is 7.30. The largest absolute Gasteiger partial charge is 0.384 e. The molecule has 3 heteroatoms. The standard InChI is InChI=1S/C18H26N2S/c1-2-19-17-11-5-6-12-18(17)21-16-10-4-9-15-20-13-7-3-8-14-20/h4-6,9-12,15,19H,2-3,7-8,13-14,16H2,1H3/b10-4+,15-9+. The van der Waals surface area contributed by atoms with Gasteiger partial charge < -0.3 is 10.2 Å². The second-order valence-corrected chi connectivity index (χ2v) is 6.27. The number of hydrogen-bond donors (Lipinski definition) is 1. The van der Waals surface area contributed by atoms with Crippen LogP contribution in [0.4, 0.5) is 5.69 Å². The SMILES string of the molecule is CCNc1ccccc1SC/C=C/C=C/N1CCCCC1. The Morgan fingerprint density at radius 2 is 1.95 bits per heavy atom. The van der Waals surface area contributed by atoms with Crippen LogP contribution in [0, 0.1) is 0 Å². The number of thioether (sulfide) groups is 1. The summed E-state index contributed by atoms with van der Waals surface area (Å²) in [4.78, 5) is 3.74. The highest BCUT2D eigenvalue weighted by atomic mass is 32.2. The van der Waals surface area contributed by atoms with Gasteiger partial charge in [-0.1, -0.05) is 24.3 Å². The highest BCUT2D eigenvalue weighted by Crippen LogP contribution is 2.26. The number of piperidine rings is 1. The van der Waals surface area contributed by atoms with Crippen molar-refractivity contribution in [2.45, 2.75) is 31.1 Å². The first-order valence-corrected chi connectivity index (χ1v) is 8.92. The molecule has 0 unspecified atom stereocenters. The maximum atomic E-state index is 3.41. The molecule has 114 valence electrons. The van der Waals surface area contributed by atoms with Crippen molar-refractivity contribution >= 4 is 17.4 Å². The van der Waals surface area contributed by atoms with E-state index in [4.69, 9.17) is 0 Å². The van der Waals surface area contributed by atoms with Crippen LogP contribution in [0.3, 0.4) is 0 Å². The predicted molar refractivity (Wildman–Crippen MR) is 95.0 cm³/mol. The average Bonchev–Trinajstić information content (AvgIpc) is 2.53. The van der Waals surface area contributed by atoms with E-state index < -0.39 is 0 Å². The van der Waals surface area contributed by atoms with Crippen LogP contribution in [0.1, 0.15) is 26.2 Å². The molecule has 1 fully saturated rings. The van der Waals surface area contributed by atoms with Crippen LogP contribution in [0.15, 0.2) is 53.6 Å². The first kappa shape index (κ1) is 16.0. The van der Waals surface area contributed by atoms with Gasteiger partial charge in [-0.15, -0.1) is 11.8 Å². The summed E-state index contributed by atoms with van der Waals surface area (Å²) in [6, 6.07) is 8.51. The van der Waals surface area contributed by atoms with Gasteiger partial charge in [0.25, 0.3) is 0 Å². The summed E-state index contributed by atoms with van der Waals surface area (Å²) in [5.74, 6) is 1.01. The number of para-hydroxylation sites is 1. The topological polar surface area (TPSA) is 15.3 Å². The van der Waals surface area contributed by atoms with E-state index in [0.717, 1.165) is 12.3 Å². The normalized spacial score (nSPS) is 16.0. The summed E-state index contributed by atoms with van der Waals surface area (Å²) in [5.41, 5.74) is 1.24. The third-order valence-electron chi connectivity index (χ3n) is 3.52. The van der Waals surface area contributed by atoms with E-state index in [1.165, 1.54) is 42.9 Å². The number of nitrogens with zero attached hydrogens (tertiary/aromatic N) is 1. The molecule has 1 N–H and O–H groups in total. The Hall–Kier alpha value is -1.35. The number of benzene rings is 1. The summed E-state index contributed by atoms with van der Waals surface area (Å²) >= 11 is 1.88. The van der Waals surface area contributed by atoms with E-state index >= 15 is 0 Å². The lowest BCUT2D eigenvalue weighted by atomic mass is 10.1. The number of anilines is 1. The maximum Gasteiger partial charge on any atom is 0.0478 e. The smallest absolute Gasteiger partial charge is 0.0478 e. The van der Waals surface area contributed by atoms with Crippen molar-refractivity contribution in [2.24, 2.45) is 0 Å². The van der Waals surface area contributed by atoms with Crippen LogP contribution in [0.25, 0.3) is 0 Å². The Balaban J connectivity index is 1.73. The minimum atomic E-state index is 0.964. The molecule has 0 atom stereocenters. The third kappa shape index (κ3) is 5.88. The Labute approximate surface area is 133 Å². The molecule has 1 saturated heterocycles. The molecule has 1 aromatic rings. The van der Waals surface area contributed by atoms with Crippen molar-refractivity contribution in [3.05, 3.63) is 48.7 Å². The van der Waals surface area contributed by atoms with Gasteiger partial charge in [0.15, 0.2) is 0 Å². The fourth-order valence-corrected chi connectivity index (χ4v) is 3.30. The van der Waals surface area contributed by atoms with E-state index in [2.05, 4.69) is 65.8 Å². The molecule has 21 heavy (non-hydrogen) atoms. The molecule has 1 heterocycles. The Bertz CT molecular complexity index is 462. The monoisotopic (exact) mass is 302 g/mol. The Morgan fingerprint density at radius 1 is 1.14 bits per heavy atom. The molecule has 0 spiro atoms. The van der Waals surface area contributed by atoms with Crippen LogP contribution in [0.2, 0.25) is 0 Å². The van der Waals surface area contributed by atoms with Gasteiger partial charge in [0.05, 0.1) is 0 Å². The van der Waals surface area contributed by atoms with Crippen LogP contribution in [-0.2, 0) is 0 Å². The molecule has 0 aromatic heterocycles. The lowest BCUT2D eigenvalue weighted by Crippen LogP contribution is -2.23. The Morgan fingerprint density at radius 3 is 2.76 bits per heavy atom. The molecular formula is C18H26N2S.